The minimum absolute atomic E-state index is 0.0354. The summed E-state index contributed by atoms with van der Waals surface area (Å²) in [5, 5.41) is 29.4. The average molecular weight is 955 g/mol. The molecule has 21 nitrogen and oxygen atoms in total. The van der Waals surface area contributed by atoms with Crippen LogP contribution in [0.25, 0.3) is 21.8 Å². The largest absolute Gasteiger partial charge is 0.491 e. The summed E-state index contributed by atoms with van der Waals surface area (Å²) in [5.41, 5.74) is 3.15. The van der Waals surface area contributed by atoms with Crippen LogP contribution in [-0.2, 0) is 13.1 Å². The molecular formula is C46H58N12O9S. The number of benzene rings is 2. The van der Waals surface area contributed by atoms with E-state index in [9.17, 15) is 19.8 Å². The molecule has 2 amide bonds. The Labute approximate surface area is 396 Å². The number of fused-ring (bicyclic) bond motifs is 6. The highest BCUT2D eigenvalue weighted by Gasteiger charge is 2.25. The first kappa shape index (κ1) is 48.0. The highest BCUT2D eigenvalue weighted by molar-refractivity contribution is 7.11. The van der Waals surface area contributed by atoms with E-state index in [0.29, 0.717) is 90.3 Å². The quantitative estimate of drug-likeness (QED) is 0.108. The zero-order chi connectivity index (χ0) is 47.9. The Balaban J connectivity index is 0.000000184. The van der Waals surface area contributed by atoms with E-state index in [1.54, 1.807) is 12.6 Å². The van der Waals surface area contributed by atoms with E-state index in [0.717, 1.165) is 35.5 Å². The third-order valence-corrected chi connectivity index (χ3v) is 12.5. The molecule has 4 aromatic heterocycles. The molecule has 3 aliphatic heterocycles. The van der Waals surface area contributed by atoms with Gasteiger partial charge in [0.1, 0.15) is 53.0 Å². The minimum atomic E-state index is -0.673. The third-order valence-electron chi connectivity index (χ3n) is 11.8. The second-order valence-electron chi connectivity index (χ2n) is 17.1. The molecule has 362 valence electrons. The first-order chi connectivity index (χ1) is 32.9. The summed E-state index contributed by atoms with van der Waals surface area (Å²) in [6.07, 6.45) is 5.04. The molecule has 7 heterocycles. The Bertz CT molecular complexity index is 2850. The fourth-order valence-electron chi connectivity index (χ4n) is 8.63. The topological polar surface area (TPSA) is 241 Å². The van der Waals surface area contributed by atoms with Crippen LogP contribution in [0.2, 0.25) is 0 Å². The predicted molar refractivity (Wildman–Crippen MR) is 254 cm³/mol. The number of hydrogen-bond acceptors (Lipinski definition) is 18. The number of amides is 2. The van der Waals surface area contributed by atoms with Gasteiger partial charge in [-0.05, 0) is 77.9 Å². The fourth-order valence-corrected chi connectivity index (χ4v) is 9.13. The summed E-state index contributed by atoms with van der Waals surface area (Å²) < 4.78 is 32.0. The van der Waals surface area contributed by atoms with Crippen LogP contribution in [0.4, 0.5) is 11.6 Å². The van der Waals surface area contributed by atoms with Crippen LogP contribution in [-0.4, -0.2) is 152 Å². The van der Waals surface area contributed by atoms with Crippen molar-refractivity contribution in [2.75, 3.05) is 77.3 Å². The molecule has 3 aliphatic rings. The number of likely N-dealkylation sites (tertiary alicyclic amines) is 1. The Hall–Kier alpha value is -6.46. The summed E-state index contributed by atoms with van der Waals surface area (Å²) >= 11 is 1.24. The van der Waals surface area contributed by atoms with Crippen LogP contribution < -0.4 is 40.8 Å². The number of oxazole rings is 1. The number of hydrogen-bond donors (Lipinski definition) is 4. The SMILES string of the molecule is COc1c(OC[C@H](O)CN(C(C)C)C(C)C)ccc2c3n(c(=NC(=O)c4cncs4)nc12)CCN3.COc1c(OC[C@H](O)CN2CCCC2)ccc2c3n(c(=NC(=O)c4cnco4)nc12)CCN3. The van der Waals surface area contributed by atoms with Crippen molar-refractivity contribution in [2.24, 2.45) is 9.98 Å². The molecule has 6 aromatic rings. The molecule has 2 aromatic carbocycles. The second-order valence-corrected chi connectivity index (χ2v) is 17.9. The Morgan fingerprint density at radius 3 is 1.84 bits per heavy atom. The standard InChI is InChI=1S/C24H32N6O4S.C22H26N6O5/c1-14(2)30(15(3)4)11-16(31)12-34-18-7-6-17-20(21(18)33-5)27-24(29-9-8-26-22(17)29)28-23(32)19-10-25-13-35-19;1-31-19-16(32-12-14(29)11-27-7-2-3-8-27)5-4-15-18(19)25-22(28-9-6-24-20(15)28)26-21(30)17-10-23-13-33-17/h6-7,10,13-16,26,31H,8-9,11-12H2,1-5H3;4-5,10,13-14,24,29H,2-3,6-9,11-12H2,1H3/t16-;14-/m11/s1. The summed E-state index contributed by atoms with van der Waals surface area (Å²) in [7, 11) is 3.08. The summed E-state index contributed by atoms with van der Waals surface area (Å²) in [4.78, 5) is 55.5. The molecule has 0 saturated carbocycles. The lowest BCUT2D eigenvalue weighted by Crippen LogP contribution is -2.43. The molecule has 0 unspecified atom stereocenters. The maximum atomic E-state index is 12.6. The molecule has 0 bridgehead atoms. The van der Waals surface area contributed by atoms with Crippen molar-refractivity contribution in [1.29, 1.82) is 0 Å². The monoisotopic (exact) mass is 954 g/mol. The molecule has 0 aliphatic carbocycles. The number of carbonyl (C=O) groups excluding carboxylic acids is 2. The van der Waals surface area contributed by atoms with Gasteiger partial charge in [-0.1, -0.05) is 0 Å². The predicted octanol–water partition coefficient (Wildman–Crippen LogP) is 3.56. The Kier molecular flexibility index (Phi) is 15.3. The second kappa shape index (κ2) is 21.7. The molecule has 2 atom stereocenters. The molecule has 0 radical (unpaired) electrons. The summed E-state index contributed by atoms with van der Waals surface area (Å²) in [6, 6.07) is 8.04. The van der Waals surface area contributed by atoms with Gasteiger partial charge in [-0.2, -0.15) is 9.98 Å². The number of carbonyl (C=O) groups is 2. The van der Waals surface area contributed by atoms with Crippen molar-refractivity contribution in [3.8, 4) is 23.0 Å². The van der Waals surface area contributed by atoms with Gasteiger partial charge in [0.25, 0.3) is 5.91 Å². The normalized spacial score (nSPS) is 15.9. The van der Waals surface area contributed by atoms with Gasteiger partial charge >= 0.3 is 5.91 Å². The number of nitrogens with zero attached hydrogens (tertiary/aromatic N) is 10. The first-order valence-electron chi connectivity index (χ1n) is 22.7. The van der Waals surface area contributed by atoms with Crippen LogP contribution in [0.5, 0.6) is 23.0 Å². The van der Waals surface area contributed by atoms with E-state index in [2.05, 4.69) is 73.1 Å². The Morgan fingerprint density at radius 1 is 0.779 bits per heavy atom. The van der Waals surface area contributed by atoms with Crippen LogP contribution in [0.1, 0.15) is 60.8 Å². The zero-order valence-electron chi connectivity index (χ0n) is 39.0. The van der Waals surface area contributed by atoms with Crippen LogP contribution in [0.15, 0.2) is 63.0 Å². The zero-order valence-corrected chi connectivity index (χ0v) is 39.9. The van der Waals surface area contributed by atoms with Gasteiger partial charge in [0.05, 0.1) is 32.1 Å². The maximum Gasteiger partial charge on any atom is 0.317 e. The van der Waals surface area contributed by atoms with E-state index in [1.807, 2.05) is 33.4 Å². The first-order valence-corrected chi connectivity index (χ1v) is 23.6. The van der Waals surface area contributed by atoms with Crippen molar-refractivity contribution < 1.29 is 43.2 Å². The van der Waals surface area contributed by atoms with Crippen molar-refractivity contribution in [1.82, 2.24) is 38.9 Å². The van der Waals surface area contributed by atoms with Gasteiger partial charge in [0.15, 0.2) is 29.4 Å². The summed E-state index contributed by atoms with van der Waals surface area (Å²) in [6.45, 7) is 14.4. The smallest absolute Gasteiger partial charge is 0.317 e. The highest BCUT2D eigenvalue weighted by Crippen LogP contribution is 2.38. The number of aliphatic hydroxyl groups is 2. The van der Waals surface area contributed by atoms with Crippen LogP contribution in [0.3, 0.4) is 0 Å². The van der Waals surface area contributed by atoms with Crippen LogP contribution in [0, 0.1) is 0 Å². The van der Waals surface area contributed by atoms with Crippen molar-refractivity contribution >= 4 is 56.6 Å². The van der Waals surface area contributed by atoms with E-state index in [1.165, 1.54) is 50.1 Å². The van der Waals surface area contributed by atoms with E-state index in [-0.39, 0.29) is 30.2 Å². The highest BCUT2D eigenvalue weighted by atomic mass is 32.1. The van der Waals surface area contributed by atoms with Gasteiger partial charge in [-0.25, -0.2) is 15.0 Å². The van der Waals surface area contributed by atoms with Crippen molar-refractivity contribution in [3.05, 3.63) is 70.4 Å². The Morgan fingerprint density at radius 2 is 1.34 bits per heavy atom. The third kappa shape index (κ3) is 10.6. The number of nitrogens with one attached hydrogen (secondary N) is 2. The minimum Gasteiger partial charge on any atom is -0.491 e. The van der Waals surface area contributed by atoms with Gasteiger partial charge < -0.3 is 49.1 Å². The van der Waals surface area contributed by atoms with Gasteiger partial charge in [-0.3, -0.25) is 28.6 Å². The molecule has 1 saturated heterocycles. The lowest BCUT2D eigenvalue weighted by molar-refractivity contribution is 0.0439. The molecule has 22 heteroatoms. The number of anilines is 2. The number of aliphatic hydroxyl groups excluding tert-OH is 2. The number of rotatable bonds is 16. The average Bonchev–Trinajstić information content (AvgIpc) is 4.19. The number of ether oxygens (including phenoxy) is 4. The van der Waals surface area contributed by atoms with E-state index >= 15 is 0 Å². The number of β-amino-alcohol motifs (C(OH)–C–C–N with tert-alkyl or cyclic N) is 1. The lowest BCUT2D eigenvalue weighted by atomic mass is 10.2. The molecule has 1 fully saturated rings. The summed E-state index contributed by atoms with van der Waals surface area (Å²) in [5.74, 6) is 2.46. The maximum absolute atomic E-state index is 12.6. The molecule has 9 rings (SSSR count). The fraction of sp³-hybridized carbons (Fsp3) is 0.478. The van der Waals surface area contributed by atoms with Gasteiger partial charge in [0, 0.05) is 62.1 Å². The number of aromatic nitrogens is 6. The number of methoxy groups -OCH3 is 2. The number of thiazole rings is 1. The molecular weight excluding hydrogens is 897 g/mol. The van der Waals surface area contributed by atoms with Crippen LogP contribution >= 0.6 is 11.3 Å². The lowest BCUT2D eigenvalue weighted by Gasteiger charge is -2.32. The van der Waals surface area contributed by atoms with E-state index in [4.69, 9.17) is 28.3 Å². The molecule has 4 N–H and O–H groups in total. The van der Waals surface area contributed by atoms with E-state index < -0.39 is 24.0 Å². The van der Waals surface area contributed by atoms with Gasteiger partial charge in [-0.15, -0.1) is 11.3 Å². The van der Waals surface area contributed by atoms with Crippen molar-refractivity contribution in [2.45, 2.75) is 77.9 Å². The van der Waals surface area contributed by atoms with Crippen molar-refractivity contribution in [3.63, 3.8) is 0 Å². The van der Waals surface area contributed by atoms with Gasteiger partial charge in [0.2, 0.25) is 17.0 Å². The molecule has 0 spiro atoms. The molecule has 68 heavy (non-hydrogen) atoms.